The second-order valence-electron chi connectivity index (χ2n) is 10.00. The van der Waals surface area contributed by atoms with E-state index in [9.17, 15) is 19.7 Å². The van der Waals surface area contributed by atoms with E-state index in [0.717, 1.165) is 0 Å². The average Bonchev–Trinajstić information content (AvgIpc) is 3.52. The van der Waals surface area contributed by atoms with Crippen molar-refractivity contribution in [2.45, 2.75) is 46.8 Å². The van der Waals surface area contributed by atoms with Crippen molar-refractivity contribution < 1.29 is 23.6 Å². The Morgan fingerprint density at radius 3 is 2.55 bits per heavy atom. The van der Waals surface area contributed by atoms with E-state index in [1.807, 2.05) is 38.1 Å². The minimum absolute atomic E-state index is 0.00161. The fraction of sp³-hybridized carbons (Fsp3) is 0.258. The summed E-state index contributed by atoms with van der Waals surface area (Å²) in [7, 11) is 0. The molecule has 1 aliphatic heterocycles. The topological polar surface area (TPSA) is 126 Å². The van der Waals surface area contributed by atoms with Crippen molar-refractivity contribution in [2.75, 3.05) is 6.61 Å². The highest BCUT2D eigenvalue weighted by atomic mass is 32.1. The SMILES string of the molecule is CCOC(=O)C1=C(C)N=c2s/c(=C\c3ccc(-c4ccc([N+](=O)[O-])cc4C)o3)c(=O)n2[C@@H]1c1ccc(OC(C)C)cc1. The van der Waals surface area contributed by atoms with Gasteiger partial charge in [-0.3, -0.25) is 19.5 Å². The van der Waals surface area contributed by atoms with Gasteiger partial charge in [-0.15, -0.1) is 0 Å². The Bertz CT molecular complexity index is 1900. The number of hydrogen-bond acceptors (Lipinski definition) is 9. The van der Waals surface area contributed by atoms with Gasteiger partial charge in [0.05, 0.1) is 39.5 Å². The van der Waals surface area contributed by atoms with Gasteiger partial charge in [0.15, 0.2) is 4.80 Å². The molecular weight excluding hydrogens is 558 g/mol. The highest BCUT2D eigenvalue weighted by Gasteiger charge is 2.33. The lowest BCUT2D eigenvalue weighted by Gasteiger charge is -2.25. The minimum atomic E-state index is -0.745. The Morgan fingerprint density at radius 2 is 1.90 bits per heavy atom. The van der Waals surface area contributed by atoms with Crippen LogP contribution in [0.2, 0.25) is 0 Å². The second kappa shape index (κ2) is 11.6. The van der Waals surface area contributed by atoms with Crippen molar-refractivity contribution in [2.24, 2.45) is 4.99 Å². The number of fused-ring (bicyclic) bond motifs is 1. The Labute approximate surface area is 245 Å². The maximum Gasteiger partial charge on any atom is 0.338 e. The molecule has 0 spiro atoms. The summed E-state index contributed by atoms with van der Waals surface area (Å²) in [5, 5.41) is 11.1. The Morgan fingerprint density at radius 1 is 1.17 bits per heavy atom. The number of non-ortho nitro benzene ring substituents is 1. The van der Waals surface area contributed by atoms with Crippen molar-refractivity contribution >= 4 is 29.1 Å². The first-order chi connectivity index (χ1) is 20.1. The van der Waals surface area contributed by atoms with Crippen LogP contribution >= 0.6 is 11.3 Å². The zero-order valence-corrected chi connectivity index (χ0v) is 24.6. The number of carbonyl (C=O) groups is 1. The van der Waals surface area contributed by atoms with E-state index in [4.69, 9.17) is 13.9 Å². The number of rotatable bonds is 8. The first kappa shape index (κ1) is 28.7. The molecule has 5 rings (SSSR count). The summed E-state index contributed by atoms with van der Waals surface area (Å²) in [6, 6.07) is 14.6. The molecule has 11 heteroatoms. The predicted octanol–water partition coefficient (Wildman–Crippen LogP) is 5.06. The van der Waals surface area contributed by atoms with Gasteiger partial charge in [-0.2, -0.15) is 0 Å². The predicted molar refractivity (Wildman–Crippen MR) is 158 cm³/mol. The molecule has 0 aliphatic carbocycles. The molecule has 0 unspecified atom stereocenters. The normalized spacial score (nSPS) is 15.0. The standard InChI is InChI=1S/C31H29N3O7S/c1-6-39-30(36)27-19(5)32-31-33(28(27)20-7-10-22(11-8-20)40-17(2)3)29(35)26(42-31)16-23-12-14-25(41-23)24-13-9-21(34(37)38)15-18(24)4/h7-17,28H,6H2,1-5H3/b26-16-/t28-/m1/s1. The molecule has 0 amide bonds. The molecule has 0 saturated heterocycles. The fourth-order valence-electron chi connectivity index (χ4n) is 4.85. The van der Waals surface area contributed by atoms with Gasteiger partial charge in [0.25, 0.3) is 11.2 Å². The minimum Gasteiger partial charge on any atom is -0.491 e. The number of nitro groups is 1. The molecule has 0 saturated carbocycles. The summed E-state index contributed by atoms with van der Waals surface area (Å²) in [4.78, 5) is 42.7. The van der Waals surface area contributed by atoms with Crippen LogP contribution in [0, 0.1) is 17.0 Å². The zero-order chi connectivity index (χ0) is 30.1. The number of allylic oxidation sites excluding steroid dienone is 1. The molecule has 216 valence electrons. The first-order valence-electron chi connectivity index (χ1n) is 13.4. The summed E-state index contributed by atoms with van der Waals surface area (Å²) >= 11 is 1.19. The molecule has 2 aromatic carbocycles. The van der Waals surface area contributed by atoms with Crippen molar-refractivity contribution in [1.82, 2.24) is 4.57 Å². The zero-order valence-electron chi connectivity index (χ0n) is 23.7. The molecule has 10 nitrogen and oxygen atoms in total. The highest BCUT2D eigenvalue weighted by Crippen LogP contribution is 2.32. The number of nitrogens with zero attached hydrogens (tertiary/aromatic N) is 3. The first-order valence-corrected chi connectivity index (χ1v) is 14.2. The number of thiazole rings is 1. The monoisotopic (exact) mass is 587 g/mol. The van der Waals surface area contributed by atoms with Crippen LogP contribution in [0.4, 0.5) is 5.69 Å². The number of aromatic nitrogens is 1. The van der Waals surface area contributed by atoms with E-state index in [2.05, 4.69) is 4.99 Å². The van der Waals surface area contributed by atoms with Gasteiger partial charge in [0, 0.05) is 23.8 Å². The van der Waals surface area contributed by atoms with Crippen molar-refractivity contribution in [1.29, 1.82) is 0 Å². The van der Waals surface area contributed by atoms with Crippen LogP contribution in [0.3, 0.4) is 0 Å². The lowest BCUT2D eigenvalue weighted by Crippen LogP contribution is -2.39. The maximum absolute atomic E-state index is 13.9. The fourth-order valence-corrected chi connectivity index (χ4v) is 5.88. The van der Waals surface area contributed by atoms with E-state index >= 15 is 0 Å². The summed E-state index contributed by atoms with van der Waals surface area (Å²) in [5.41, 5.74) is 2.55. The van der Waals surface area contributed by atoms with Crippen LogP contribution in [-0.4, -0.2) is 28.2 Å². The largest absolute Gasteiger partial charge is 0.491 e. The number of nitro benzene ring substituents is 1. The quantitative estimate of drug-likeness (QED) is 0.160. The molecular formula is C31H29N3O7S. The van der Waals surface area contributed by atoms with Crippen LogP contribution < -0.4 is 19.6 Å². The smallest absolute Gasteiger partial charge is 0.338 e. The maximum atomic E-state index is 13.9. The molecule has 1 aliphatic rings. The van der Waals surface area contributed by atoms with Crippen molar-refractivity contribution in [3.63, 3.8) is 0 Å². The number of ether oxygens (including phenoxy) is 2. The van der Waals surface area contributed by atoms with Gasteiger partial charge in [0.1, 0.15) is 17.3 Å². The van der Waals surface area contributed by atoms with E-state index in [1.54, 1.807) is 45.0 Å². The summed E-state index contributed by atoms with van der Waals surface area (Å²) in [6.45, 7) is 9.29. The molecule has 0 N–H and O–H groups in total. The molecule has 3 heterocycles. The van der Waals surface area contributed by atoms with Gasteiger partial charge in [-0.05, 0) is 76.1 Å². The number of benzene rings is 2. The van der Waals surface area contributed by atoms with E-state index < -0.39 is 16.9 Å². The molecule has 4 aromatic rings. The van der Waals surface area contributed by atoms with Crippen LogP contribution in [-0.2, 0) is 9.53 Å². The van der Waals surface area contributed by atoms with Gasteiger partial charge >= 0.3 is 5.97 Å². The lowest BCUT2D eigenvalue weighted by atomic mass is 9.96. The van der Waals surface area contributed by atoms with Gasteiger partial charge in [-0.25, -0.2) is 9.79 Å². The molecule has 2 aromatic heterocycles. The van der Waals surface area contributed by atoms with E-state index in [1.165, 1.54) is 28.0 Å². The lowest BCUT2D eigenvalue weighted by molar-refractivity contribution is -0.384. The van der Waals surface area contributed by atoms with E-state index in [-0.39, 0.29) is 24.0 Å². The third-order valence-corrected chi connectivity index (χ3v) is 7.65. The van der Waals surface area contributed by atoms with E-state index in [0.29, 0.717) is 54.6 Å². The molecule has 42 heavy (non-hydrogen) atoms. The van der Waals surface area contributed by atoms with Gasteiger partial charge in [-0.1, -0.05) is 23.5 Å². The summed E-state index contributed by atoms with van der Waals surface area (Å²) < 4.78 is 19.0. The number of hydrogen-bond donors (Lipinski definition) is 0. The number of furan rings is 1. The Balaban J connectivity index is 1.59. The van der Waals surface area contributed by atoms with Crippen LogP contribution in [0.15, 0.2) is 80.1 Å². The van der Waals surface area contributed by atoms with Crippen LogP contribution in [0.1, 0.15) is 50.6 Å². The Hall–Kier alpha value is -4.77. The molecule has 0 fully saturated rings. The second-order valence-corrected chi connectivity index (χ2v) is 11.0. The van der Waals surface area contributed by atoms with Crippen LogP contribution in [0.5, 0.6) is 5.75 Å². The average molecular weight is 588 g/mol. The van der Waals surface area contributed by atoms with Crippen LogP contribution in [0.25, 0.3) is 17.4 Å². The third-order valence-electron chi connectivity index (χ3n) is 6.67. The third kappa shape index (κ3) is 5.55. The molecule has 0 radical (unpaired) electrons. The summed E-state index contributed by atoms with van der Waals surface area (Å²) in [6.07, 6.45) is 1.63. The van der Waals surface area contributed by atoms with Crippen molar-refractivity contribution in [3.8, 4) is 17.1 Å². The highest BCUT2D eigenvalue weighted by molar-refractivity contribution is 7.07. The Kier molecular flexibility index (Phi) is 7.95. The number of esters is 1. The number of aryl methyl sites for hydroxylation is 1. The molecule has 0 bridgehead atoms. The van der Waals surface area contributed by atoms with Gasteiger partial charge in [0.2, 0.25) is 0 Å². The van der Waals surface area contributed by atoms with Gasteiger partial charge < -0.3 is 13.9 Å². The molecule has 1 atom stereocenters. The number of carbonyl (C=O) groups excluding carboxylic acids is 1. The van der Waals surface area contributed by atoms with Crippen molar-refractivity contribution in [3.05, 3.63) is 113 Å². The summed E-state index contributed by atoms with van der Waals surface area (Å²) in [5.74, 6) is 1.09.